The van der Waals surface area contributed by atoms with E-state index in [0.717, 1.165) is 13.1 Å². The second-order valence-electron chi connectivity index (χ2n) is 2.03. The summed E-state index contributed by atoms with van der Waals surface area (Å²) in [7, 11) is 0. The highest BCUT2D eigenvalue weighted by Gasteiger charge is 2.07. The molecule has 0 bridgehead atoms. The predicted molar refractivity (Wildman–Crippen MR) is 56.8 cm³/mol. The van der Waals surface area contributed by atoms with Gasteiger partial charge in [0.05, 0.1) is 9.83 Å². The molecule has 0 aliphatic rings. The summed E-state index contributed by atoms with van der Waals surface area (Å²) in [5, 5.41) is 0. The third kappa shape index (κ3) is 2.15. The Bertz CT molecular complexity index is 250. The maximum absolute atomic E-state index is 5.73. The van der Waals surface area contributed by atoms with Crippen molar-refractivity contribution in [3.8, 4) is 0 Å². The Labute approximate surface area is 86.6 Å². The highest BCUT2D eigenvalue weighted by molar-refractivity contribution is 9.13. The number of halogens is 2. The second kappa shape index (κ2) is 3.85. The van der Waals surface area contributed by atoms with Gasteiger partial charge >= 0.3 is 0 Å². The number of hydrogen-bond donors (Lipinski definition) is 1. The van der Waals surface area contributed by atoms with E-state index in [0.29, 0.717) is 0 Å². The molecule has 11 heavy (non-hydrogen) atoms. The average Bonchev–Trinajstić information content (AvgIpc) is 2.31. The van der Waals surface area contributed by atoms with Crippen LogP contribution < -0.4 is 5.73 Å². The van der Waals surface area contributed by atoms with Crippen molar-refractivity contribution in [3.63, 3.8) is 0 Å². The maximum atomic E-state index is 5.73. The zero-order valence-electron chi connectivity index (χ0n) is 5.68. The fourth-order valence-electron chi connectivity index (χ4n) is 0.644. The molecule has 0 unspecified atom stereocenters. The van der Waals surface area contributed by atoms with Crippen LogP contribution in [0.4, 0.5) is 0 Å². The van der Waals surface area contributed by atoms with Crippen LogP contribution in [0.1, 0.15) is 10.9 Å². The van der Waals surface area contributed by atoms with Crippen LogP contribution in [0.5, 0.6) is 0 Å². The second-order valence-corrected chi connectivity index (χ2v) is 5.29. The minimum absolute atomic E-state index is 0.0531. The lowest BCUT2D eigenvalue weighted by Gasteiger charge is -1.99. The molecule has 0 radical (unpaired) electrons. The fraction of sp³-hybridized carbons (Fsp3) is 0.143. The highest BCUT2D eigenvalue weighted by Crippen LogP contribution is 2.34. The monoisotopic (exact) mass is 295 g/mol. The van der Waals surface area contributed by atoms with Crippen molar-refractivity contribution in [2.24, 2.45) is 5.73 Å². The van der Waals surface area contributed by atoms with Gasteiger partial charge in [-0.1, -0.05) is 6.08 Å². The Morgan fingerprint density at radius 1 is 1.64 bits per heavy atom. The van der Waals surface area contributed by atoms with E-state index in [9.17, 15) is 0 Å². The van der Waals surface area contributed by atoms with Crippen molar-refractivity contribution >= 4 is 43.2 Å². The summed E-state index contributed by atoms with van der Waals surface area (Å²) in [5.41, 5.74) is 5.73. The number of rotatable bonds is 2. The van der Waals surface area contributed by atoms with Gasteiger partial charge in [0, 0.05) is 9.35 Å². The quantitative estimate of drug-likeness (QED) is 0.831. The Kier molecular flexibility index (Phi) is 3.30. The Morgan fingerprint density at radius 3 is 2.64 bits per heavy atom. The van der Waals surface area contributed by atoms with E-state index in [2.05, 4.69) is 38.4 Å². The molecule has 4 heteroatoms. The summed E-state index contributed by atoms with van der Waals surface area (Å²) in [6.45, 7) is 3.63. The van der Waals surface area contributed by atoms with E-state index in [1.165, 1.54) is 0 Å². The highest BCUT2D eigenvalue weighted by atomic mass is 79.9. The standard InChI is InChI=1S/C7H7Br2NS/c1-2-5(10)6-3-4(8)7(9)11-6/h2-3,5H,1,10H2/t5-/m1/s1. The molecular weight excluding hydrogens is 290 g/mol. The van der Waals surface area contributed by atoms with E-state index in [-0.39, 0.29) is 6.04 Å². The normalized spacial score (nSPS) is 13.0. The van der Waals surface area contributed by atoms with E-state index >= 15 is 0 Å². The molecule has 1 rings (SSSR count). The number of nitrogens with two attached hydrogens (primary N) is 1. The van der Waals surface area contributed by atoms with Gasteiger partial charge in [-0.2, -0.15) is 0 Å². The third-order valence-corrected chi connectivity index (χ3v) is 4.60. The minimum Gasteiger partial charge on any atom is -0.320 e. The Hall–Kier alpha value is 0.360. The van der Waals surface area contributed by atoms with Gasteiger partial charge in [-0.3, -0.25) is 0 Å². The number of hydrogen-bond acceptors (Lipinski definition) is 2. The molecule has 1 heterocycles. The molecule has 0 aromatic carbocycles. The molecule has 1 aromatic rings. The first-order valence-electron chi connectivity index (χ1n) is 2.98. The first-order valence-corrected chi connectivity index (χ1v) is 5.38. The van der Waals surface area contributed by atoms with Crippen LogP contribution in [-0.4, -0.2) is 0 Å². The van der Waals surface area contributed by atoms with Crippen LogP contribution in [0.3, 0.4) is 0 Å². The van der Waals surface area contributed by atoms with Gasteiger partial charge in [-0.25, -0.2) is 0 Å². The minimum atomic E-state index is -0.0531. The van der Waals surface area contributed by atoms with Crippen LogP contribution in [0.15, 0.2) is 27.0 Å². The average molecular weight is 297 g/mol. The molecule has 2 N–H and O–H groups in total. The molecule has 0 fully saturated rings. The topological polar surface area (TPSA) is 26.0 Å². The van der Waals surface area contributed by atoms with Gasteiger partial charge in [0.2, 0.25) is 0 Å². The van der Waals surface area contributed by atoms with Crippen LogP contribution >= 0.6 is 43.2 Å². The van der Waals surface area contributed by atoms with E-state index < -0.39 is 0 Å². The molecule has 0 aliphatic carbocycles. The molecular formula is C7H7Br2NS. The fourth-order valence-corrected chi connectivity index (χ4v) is 2.73. The van der Waals surface area contributed by atoms with Gasteiger partial charge in [-0.05, 0) is 37.9 Å². The predicted octanol–water partition coefficient (Wildman–Crippen LogP) is 3.46. The van der Waals surface area contributed by atoms with Gasteiger partial charge in [0.1, 0.15) is 0 Å². The summed E-state index contributed by atoms with van der Waals surface area (Å²) in [6, 6.07) is 1.95. The third-order valence-electron chi connectivity index (χ3n) is 1.25. The Balaban J connectivity index is 2.96. The molecule has 0 spiro atoms. The zero-order valence-corrected chi connectivity index (χ0v) is 9.67. The van der Waals surface area contributed by atoms with Crippen LogP contribution in [-0.2, 0) is 0 Å². The molecule has 0 saturated heterocycles. The van der Waals surface area contributed by atoms with Crippen molar-refractivity contribution in [3.05, 3.63) is 31.9 Å². The SMILES string of the molecule is C=C[C@@H](N)c1cc(Br)c(Br)s1. The smallest absolute Gasteiger partial charge is 0.0843 e. The van der Waals surface area contributed by atoms with Crippen molar-refractivity contribution in [1.82, 2.24) is 0 Å². The molecule has 1 nitrogen and oxygen atoms in total. The van der Waals surface area contributed by atoms with E-state index in [1.807, 2.05) is 6.07 Å². The molecule has 0 aliphatic heterocycles. The van der Waals surface area contributed by atoms with Crippen molar-refractivity contribution in [1.29, 1.82) is 0 Å². The summed E-state index contributed by atoms with van der Waals surface area (Å²) >= 11 is 8.40. The van der Waals surface area contributed by atoms with Crippen LogP contribution in [0, 0.1) is 0 Å². The Morgan fingerprint density at radius 2 is 2.27 bits per heavy atom. The van der Waals surface area contributed by atoms with Gasteiger partial charge in [0.15, 0.2) is 0 Å². The lowest BCUT2D eigenvalue weighted by atomic mass is 10.2. The molecule has 60 valence electrons. The molecule has 0 amide bonds. The first-order chi connectivity index (χ1) is 5.15. The zero-order chi connectivity index (χ0) is 8.43. The van der Waals surface area contributed by atoms with Gasteiger partial charge in [0.25, 0.3) is 0 Å². The molecule has 0 saturated carbocycles. The lowest BCUT2D eigenvalue weighted by molar-refractivity contribution is 0.939. The van der Waals surface area contributed by atoms with Gasteiger partial charge in [-0.15, -0.1) is 17.9 Å². The van der Waals surface area contributed by atoms with Gasteiger partial charge < -0.3 is 5.73 Å². The van der Waals surface area contributed by atoms with Crippen molar-refractivity contribution < 1.29 is 0 Å². The lowest BCUT2D eigenvalue weighted by Crippen LogP contribution is -2.03. The van der Waals surface area contributed by atoms with Crippen LogP contribution in [0.2, 0.25) is 0 Å². The van der Waals surface area contributed by atoms with E-state index in [4.69, 9.17) is 5.73 Å². The largest absolute Gasteiger partial charge is 0.320 e. The summed E-state index contributed by atoms with van der Waals surface area (Å²) < 4.78 is 2.12. The molecule has 1 atom stereocenters. The molecule has 1 aromatic heterocycles. The van der Waals surface area contributed by atoms with Crippen molar-refractivity contribution in [2.75, 3.05) is 0 Å². The first kappa shape index (κ1) is 9.45. The number of thiophene rings is 1. The summed E-state index contributed by atoms with van der Waals surface area (Å²) in [4.78, 5) is 1.11. The van der Waals surface area contributed by atoms with E-state index in [1.54, 1.807) is 17.4 Å². The van der Waals surface area contributed by atoms with Crippen molar-refractivity contribution in [2.45, 2.75) is 6.04 Å². The maximum Gasteiger partial charge on any atom is 0.0843 e. The summed E-state index contributed by atoms with van der Waals surface area (Å²) in [6.07, 6.45) is 1.73. The van der Waals surface area contributed by atoms with Crippen LogP contribution in [0.25, 0.3) is 0 Å². The summed E-state index contributed by atoms with van der Waals surface area (Å²) in [5.74, 6) is 0.